The van der Waals surface area contributed by atoms with Crippen molar-refractivity contribution in [1.29, 1.82) is 0 Å². The first-order chi connectivity index (χ1) is 13.9. The molecule has 0 bridgehead atoms. The number of anilines is 1. The van der Waals surface area contributed by atoms with Gasteiger partial charge in [0.25, 0.3) is 10.0 Å². The number of hydrogen-bond acceptors (Lipinski definition) is 6. The van der Waals surface area contributed by atoms with Crippen molar-refractivity contribution < 1.29 is 13.2 Å². The zero-order valence-electron chi connectivity index (χ0n) is 16.1. The SMILES string of the molecule is COc1cc(C)ccc1S(=O)(=O)Nc1ccc(-c2nc3cccnc3s2)cc1C. The summed E-state index contributed by atoms with van der Waals surface area (Å²) in [6.07, 6.45) is 1.74. The Morgan fingerprint density at radius 2 is 1.90 bits per heavy atom. The Balaban J connectivity index is 1.66. The largest absolute Gasteiger partial charge is 0.495 e. The van der Waals surface area contributed by atoms with E-state index in [2.05, 4.69) is 14.7 Å². The van der Waals surface area contributed by atoms with Gasteiger partial charge in [-0.05, 0) is 67.4 Å². The summed E-state index contributed by atoms with van der Waals surface area (Å²) in [5.74, 6) is 0.314. The number of nitrogens with zero attached hydrogens (tertiary/aromatic N) is 2. The van der Waals surface area contributed by atoms with Gasteiger partial charge in [-0.1, -0.05) is 17.4 Å². The molecule has 8 heteroatoms. The fourth-order valence-corrected chi connectivity index (χ4v) is 5.19. The summed E-state index contributed by atoms with van der Waals surface area (Å²) in [6, 6.07) is 14.3. The fourth-order valence-electron chi connectivity index (χ4n) is 3.00. The normalized spacial score (nSPS) is 11.6. The third kappa shape index (κ3) is 3.81. The van der Waals surface area contributed by atoms with Gasteiger partial charge in [-0.15, -0.1) is 0 Å². The van der Waals surface area contributed by atoms with Crippen molar-refractivity contribution in [3.8, 4) is 16.3 Å². The monoisotopic (exact) mass is 425 g/mol. The third-order valence-electron chi connectivity index (χ3n) is 4.49. The summed E-state index contributed by atoms with van der Waals surface area (Å²) in [7, 11) is -2.33. The van der Waals surface area contributed by atoms with Crippen molar-refractivity contribution in [2.45, 2.75) is 18.7 Å². The number of pyridine rings is 1. The quantitative estimate of drug-likeness (QED) is 0.497. The Labute approximate surface area is 173 Å². The van der Waals surface area contributed by atoms with Gasteiger partial charge in [0.15, 0.2) is 0 Å². The summed E-state index contributed by atoms with van der Waals surface area (Å²) in [5.41, 5.74) is 3.99. The molecule has 0 spiro atoms. The molecule has 0 aliphatic rings. The van der Waals surface area contributed by atoms with E-state index in [1.807, 2.05) is 38.1 Å². The van der Waals surface area contributed by atoms with Crippen LogP contribution < -0.4 is 9.46 Å². The molecule has 29 heavy (non-hydrogen) atoms. The minimum atomic E-state index is -3.79. The Morgan fingerprint density at radius 3 is 2.62 bits per heavy atom. The lowest BCUT2D eigenvalue weighted by Crippen LogP contribution is -2.15. The molecular formula is C21H19N3O3S2. The lowest BCUT2D eigenvalue weighted by atomic mass is 10.1. The van der Waals surface area contributed by atoms with Gasteiger partial charge < -0.3 is 4.74 Å². The maximum absolute atomic E-state index is 12.9. The van der Waals surface area contributed by atoms with Crippen LogP contribution >= 0.6 is 11.3 Å². The van der Waals surface area contributed by atoms with E-state index in [4.69, 9.17) is 4.74 Å². The number of aromatic nitrogens is 2. The number of fused-ring (bicyclic) bond motifs is 1. The Morgan fingerprint density at radius 1 is 1.07 bits per heavy atom. The van der Waals surface area contributed by atoms with Crippen LogP contribution in [-0.4, -0.2) is 25.5 Å². The molecule has 2 heterocycles. The van der Waals surface area contributed by atoms with Crippen molar-refractivity contribution in [3.63, 3.8) is 0 Å². The first kappa shape index (κ1) is 19.4. The molecule has 0 saturated heterocycles. The minimum Gasteiger partial charge on any atom is -0.495 e. The highest BCUT2D eigenvalue weighted by Gasteiger charge is 2.20. The summed E-state index contributed by atoms with van der Waals surface area (Å²) >= 11 is 1.50. The molecule has 2 aromatic heterocycles. The van der Waals surface area contributed by atoms with Gasteiger partial charge in [-0.25, -0.2) is 18.4 Å². The second-order valence-electron chi connectivity index (χ2n) is 6.64. The number of ether oxygens (including phenoxy) is 1. The highest BCUT2D eigenvalue weighted by molar-refractivity contribution is 7.92. The average molecular weight is 426 g/mol. The van der Waals surface area contributed by atoms with Crippen LogP contribution in [0.2, 0.25) is 0 Å². The molecule has 0 aliphatic carbocycles. The minimum absolute atomic E-state index is 0.103. The highest BCUT2D eigenvalue weighted by Crippen LogP contribution is 2.32. The number of thiazole rings is 1. The molecule has 0 aliphatic heterocycles. The second-order valence-corrected chi connectivity index (χ2v) is 9.26. The predicted octanol–water partition coefficient (Wildman–Crippen LogP) is 4.78. The Kier molecular flexibility index (Phi) is 4.97. The van der Waals surface area contributed by atoms with E-state index < -0.39 is 10.0 Å². The molecule has 0 saturated carbocycles. The summed E-state index contributed by atoms with van der Waals surface area (Å²) in [6.45, 7) is 3.74. The van der Waals surface area contributed by atoms with Crippen LogP contribution in [0.4, 0.5) is 5.69 Å². The Bertz CT molecular complexity index is 1280. The molecule has 0 fully saturated rings. The Hall–Kier alpha value is -2.97. The van der Waals surface area contributed by atoms with Crippen molar-refractivity contribution in [2.24, 2.45) is 0 Å². The van der Waals surface area contributed by atoms with Crippen molar-refractivity contribution in [3.05, 3.63) is 65.9 Å². The number of hydrogen-bond donors (Lipinski definition) is 1. The van der Waals surface area contributed by atoms with Gasteiger partial charge in [0.1, 0.15) is 26.0 Å². The predicted molar refractivity (Wildman–Crippen MR) is 116 cm³/mol. The smallest absolute Gasteiger partial charge is 0.265 e. The highest BCUT2D eigenvalue weighted by atomic mass is 32.2. The zero-order valence-corrected chi connectivity index (χ0v) is 17.8. The maximum atomic E-state index is 12.9. The van der Waals surface area contributed by atoms with E-state index in [-0.39, 0.29) is 4.90 Å². The lowest BCUT2D eigenvalue weighted by Gasteiger charge is -2.14. The van der Waals surface area contributed by atoms with Crippen LogP contribution in [0.25, 0.3) is 20.9 Å². The van der Waals surface area contributed by atoms with Crippen LogP contribution in [0.5, 0.6) is 5.75 Å². The summed E-state index contributed by atoms with van der Waals surface area (Å²) in [5, 5.41) is 0.844. The molecule has 4 rings (SSSR count). The van der Waals surface area contributed by atoms with E-state index in [0.29, 0.717) is 11.4 Å². The van der Waals surface area contributed by atoms with Gasteiger partial charge in [0.05, 0.1) is 12.8 Å². The number of benzene rings is 2. The van der Waals surface area contributed by atoms with Crippen LogP contribution in [0, 0.1) is 13.8 Å². The average Bonchev–Trinajstić information content (AvgIpc) is 3.13. The molecule has 0 unspecified atom stereocenters. The number of nitrogens with one attached hydrogen (secondary N) is 1. The van der Waals surface area contributed by atoms with Gasteiger partial charge in [0.2, 0.25) is 0 Å². The molecular weight excluding hydrogens is 406 g/mol. The van der Waals surface area contributed by atoms with Crippen molar-refractivity contribution in [2.75, 3.05) is 11.8 Å². The summed E-state index contributed by atoms with van der Waals surface area (Å²) in [4.78, 5) is 9.91. The summed E-state index contributed by atoms with van der Waals surface area (Å²) < 4.78 is 33.7. The first-order valence-corrected chi connectivity index (χ1v) is 11.2. The molecule has 0 amide bonds. The van der Waals surface area contributed by atoms with E-state index in [0.717, 1.165) is 32.0 Å². The number of sulfonamides is 1. The van der Waals surface area contributed by atoms with Crippen LogP contribution in [-0.2, 0) is 10.0 Å². The number of aryl methyl sites for hydroxylation is 2. The van der Waals surface area contributed by atoms with E-state index >= 15 is 0 Å². The van der Waals surface area contributed by atoms with Crippen LogP contribution in [0.15, 0.2) is 59.6 Å². The molecule has 148 valence electrons. The second kappa shape index (κ2) is 7.46. The fraction of sp³-hybridized carbons (Fsp3) is 0.143. The maximum Gasteiger partial charge on any atom is 0.265 e. The molecule has 0 radical (unpaired) electrons. The lowest BCUT2D eigenvalue weighted by molar-refractivity contribution is 0.402. The first-order valence-electron chi connectivity index (χ1n) is 8.87. The zero-order chi connectivity index (χ0) is 20.6. The molecule has 6 nitrogen and oxygen atoms in total. The standard InChI is InChI=1S/C21H19N3O3S2/c1-13-6-9-19(18(11-13)27-3)29(25,26)24-16-8-7-15(12-14(16)2)20-23-17-5-4-10-22-21(17)28-20/h4-12,24H,1-3H3. The number of rotatable bonds is 5. The van der Waals surface area contributed by atoms with Crippen LogP contribution in [0.1, 0.15) is 11.1 Å². The van der Waals surface area contributed by atoms with Gasteiger partial charge >= 0.3 is 0 Å². The van der Waals surface area contributed by atoms with Gasteiger partial charge in [-0.3, -0.25) is 4.72 Å². The number of methoxy groups -OCH3 is 1. The third-order valence-corrected chi connectivity index (χ3v) is 6.93. The molecule has 1 N–H and O–H groups in total. The van der Waals surface area contributed by atoms with Crippen molar-refractivity contribution in [1.82, 2.24) is 9.97 Å². The van der Waals surface area contributed by atoms with Crippen LogP contribution in [0.3, 0.4) is 0 Å². The molecule has 0 atom stereocenters. The van der Waals surface area contributed by atoms with Gasteiger partial charge in [-0.2, -0.15) is 0 Å². The topological polar surface area (TPSA) is 81.2 Å². The van der Waals surface area contributed by atoms with E-state index in [9.17, 15) is 8.42 Å². The van der Waals surface area contributed by atoms with Gasteiger partial charge in [0, 0.05) is 11.8 Å². The van der Waals surface area contributed by atoms with Crippen molar-refractivity contribution >= 4 is 37.4 Å². The van der Waals surface area contributed by atoms with E-state index in [1.54, 1.807) is 30.5 Å². The van der Waals surface area contributed by atoms with E-state index in [1.165, 1.54) is 18.4 Å². The molecule has 2 aromatic carbocycles. The molecule has 4 aromatic rings.